The van der Waals surface area contributed by atoms with Gasteiger partial charge in [0.05, 0.1) is 4.92 Å². The van der Waals surface area contributed by atoms with Crippen LogP contribution in [0.2, 0.25) is 0 Å². The van der Waals surface area contributed by atoms with E-state index in [0.717, 1.165) is 11.1 Å². The molecule has 0 aliphatic carbocycles. The molecule has 0 amide bonds. The normalized spacial score (nSPS) is 11.5. The molecule has 0 unspecified atom stereocenters. The van der Waals surface area contributed by atoms with Gasteiger partial charge in [0, 0.05) is 28.2 Å². The molecule has 0 spiro atoms. The number of hydrogen-bond acceptors (Lipinski definition) is 4. The highest BCUT2D eigenvalue weighted by molar-refractivity contribution is 5.88. The number of aromatic amines is 1. The van der Waals surface area contributed by atoms with Crippen molar-refractivity contribution in [2.24, 2.45) is 0 Å². The lowest BCUT2D eigenvalue weighted by Gasteiger charge is -2.21. The molecule has 0 atom stereocenters. The Morgan fingerprint density at radius 3 is 2.52 bits per heavy atom. The van der Waals surface area contributed by atoms with Crippen LogP contribution in [0.1, 0.15) is 37.6 Å². The topological polar surface area (TPSA) is 85.2 Å². The van der Waals surface area contributed by atoms with Crippen LogP contribution < -0.4 is 0 Å². The predicted molar refractivity (Wildman–Crippen MR) is 104 cm³/mol. The minimum Gasteiger partial charge on any atom is -0.460 e. The quantitative estimate of drug-likeness (QED) is 0.391. The molecule has 0 aliphatic rings. The van der Waals surface area contributed by atoms with E-state index in [1.54, 1.807) is 32.0 Å². The largest absolute Gasteiger partial charge is 0.460 e. The van der Waals surface area contributed by atoms with Crippen LogP contribution in [0.3, 0.4) is 0 Å². The molecular weight excluding hydrogens is 344 g/mol. The van der Waals surface area contributed by atoms with Gasteiger partial charge in [-0.3, -0.25) is 14.9 Å². The maximum atomic E-state index is 12.7. The van der Waals surface area contributed by atoms with Gasteiger partial charge in [-0.1, -0.05) is 37.3 Å². The van der Waals surface area contributed by atoms with E-state index in [1.807, 2.05) is 37.3 Å². The number of nitro benzene ring substituents is 1. The van der Waals surface area contributed by atoms with Gasteiger partial charge in [0.15, 0.2) is 0 Å². The molecule has 0 saturated carbocycles. The molecule has 3 rings (SSSR count). The van der Waals surface area contributed by atoms with Crippen molar-refractivity contribution in [3.05, 3.63) is 75.5 Å². The van der Waals surface area contributed by atoms with Gasteiger partial charge in [0.2, 0.25) is 0 Å². The van der Waals surface area contributed by atoms with Crippen LogP contribution in [-0.2, 0) is 28.0 Å². The molecule has 2 aromatic carbocycles. The predicted octanol–water partition coefficient (Wildman–Crippen LogP) is 4.66. The maximum Gasteiger partial charge on any atom is 0.317 e. The summed E-state index contributed by atoms with van der Waals surface area (Å²) in [6.07, 6.45) is 0.559. The summed E-state index contributed by atoms with van der Waals surface area (Å²) >= 11 is 0. The van der Waals surface area contributed by atoms with Crippen LogP contribution in [0.25, 0.3) is 10.9 Å². The molecule has 0 bridgehead atoms. The fourth-order valence-electron chi connectivity index (χ4n) is 3.02. The van der Waals surface area contributed by atoms with Crippen LogP contribution in [0.4, 0.5) is 5.69 Å². The first kappa shape index (κ1) is 18.6. The molecular formula is C21H22N2O4. The number of ether oxygens (including phenoxy) is 1. The summed E-state index contributed by atoms with van der Waals surface area (Å²) in [5, 5.41) is 12.0. The lowest BCUT2D eigenvalue weighted by Crippen LogP contribution is -2.31. The number of fused-ring (bicyclic) bond motifs is 1. The second-order valence-corrected chi connectivity index (χ2v) is 7.05. The standard InChI is InChI=1S/C21H22N2O4/c1-4-15-10-17-16(11-18(15)23(25)26)12-19(22-17)21(2,3)20(24)27-13-14-8-6-5-7-9-14/h5-12,22H,4,13H2,1-3H3. The van der Waals surface area contributed by atoms with Gasteiger partial charge in [-0.25, -0.2) is 0 Å². The van der Waals surface area contributed by atoms with Crippen LogP contribution in [0, 0.1) is 10.1 Å². The average Bonchev–Trinajstić information content (AvgIpc) is 3.09. The summed E-state index contributed by atoms with van der Waals surface area (Å²) in [6.45, 7) is 5.64. The second-order valence-electron chi connectivity index (χ2n) is 7.05. The molecule has 6 nitrogen and oxygen atoms in total. The first-order chi connectivity index (χ1) is 12.8. The van der Waals surface area contributed by atoms with E-state index in [0.29, 0.717) is 23.1 Å². The van der Waals surface area contributed by atoms with Crippen LogP contribution in [0.15, 0.2) is 48.5 Å². The minimum atomic E-state index is -0.908. The molecule has 0 radical (unpaired) electrons. The first-order valence-electron chi connectivity index (χ1n) is 8.84. The lowest BCUT2D eigenvalue weighted by molar-refractivity contribution is -0.385. The van der Waals surface area contributed by atoms with Crippen molar-refractivity contribution < 1.29 is 14.5 Å². The Morgan fingerprint density at radius 2 is 1.89 bits per heavy atom. The number of hydrogen-bond donors (Lipinski definition) is 1. The summed E-state index contributed by atoms with van der Waals surface area (Å²) < 4.78 is 5.48. The fraction of sp³-hybridized carbons (Fsp3) is 0.286. The van der Waals surface area contributed by atoms with E-state index in [2.05, 4.69) is 4.98 Å². The minimum absolute atomic E-state index is 0.0972. The molecule has 0 fully saturated rings. The summed E-state index contributed by atoms with van der Waals surface area (Å²) in [5.74, 6) is -0.358. The SMILES string of the molecule is CCc1cc2[nH]c(C(C)(C)C(=O)OCc3ccccc3)cc2cc1[N+](=O)[O-]. The van der Waals surface area contributed by atoms with Crippen LogP contribution in [-0.4, -0.2) is 15.9 Å². The summed E-state index contributed by atoms with van der Waals surface area (Å²) in [5.41, 5.74) is 2.20. The number of rotatable bonds is 6. The van der Waals surface area contributed by atoms with Crippen molar-refractivity contribution in [3.8, 4) is 0 Å². The molecule has 0 aliphatic heterocycles. The first-order valence-corrected chi connectivity index (χ1v) is 8.84. The number of nitro groups is 1. The highest BCUT2D eigenvalue weighted by Gasteiger charge is 2.33. The van der Waals surface area contributed by atoms with E-state index in [9.17, 15) is 14.9 Å². The summed E-state index contributed by atoms with van der Waals surface area (Å²) in [6, 6.07) is 14.6. The third-order valence-electron chi connectivity index (χ3n) is 4.79. The zero-order valence-electron chi connectivity index (χ0n) is 15.6. The smallest absolute Gasteiger partial charge is 0.317 e. The van der Waals surface area contributed by atoms with Gasteiger partial charge in [0.25, 0.3) is 5.69 Å². The van der Waals surface area contributed by atoms with Crippen molar-refractivity contribution in [1.29, 1.82) is 0 Å². The van der Waals surface area contributed by atoms with Gasteiger partial charge in [-0.2, -0.15) is 0 Å². The second kappa shape index (κ2) is 7.23. The third-order valence-corrected chi connectivity index (χ3v) is 4.79. The molecule has 3 aromatic rings. The lowest BCUT2D eigenvalue weighted by atomic mass is 9.89. The van der Waals surface area contributed by atoms with Gasteiger partial charge in [-0.05, 0) is 38.0 Å². The van der Waals surface area contributed by atoms with Gasteiger partial charge in [0.1, 0.15) is 12.0 Å². The van der Waals surface area contributed by atoms with Crippen molar-refractivity contribution >= 4 is 22.6 Å². The zero-order valence-corrected chi connectivity index (χ0v) is 15.6. The van der Waals surface area contributed by atoms with E-state index >= 15 is 0 Å². The van der Waals surface area contributed by atoms with E-state index in [1.165, 1.54) is 0 Å². The zero-order chi connectivity index (χ0) is 19.6. The molecule has 1 heterocycles. The Labute approximate surface area is 157 Å². The summed E-state index contributed by atoms with van der Waals surface area (Å²) in [7, 11) is 0. The molecule has 1 aromatic heterocycles. The van der Waals surface area contributed by atoms with E-state index < -0.39 is 5.41 Å². The number of carbonyl (C=O) groups is 1. The molecule has 1 N–H and O–H groups in total. The average molecular weight is 366 g/mol. The highest BCUT2D eigenvalue weighted by Crippen LogP contribution is 2.32. The molecule has 6 heteroatoms. The Hall–Kier alpha value is -3.15. The maximum absolute atomic E-state index is 12.7. The third kappa shape index (κ3) is 3.69. The number of aromatic nitrogens is 1. The molecule has 27 heavy (non-hydrogen) atoms. The number of nitrogens with zero attached hydrogens (tertiary/aromatic N) is 1. The van der Waals surface area contributed by atoms with Gasteiger partial charge >= 0.3 is 5.97 Å². The van der Waals surface area contributed by atoms with E-state index in [4.69, 9.17) is 4.74 Å². The number of carbonyl (C=O) groups excluding carboxylic acids is 1. The monoisotopic (exact) mass is 366 g/mol. The van der Waals surface area contributed by atoms with Crippen molar-refractivity contribution in [1.82, 2.24) is 4.98 Å². The number of H-pyrrole nitrogens is 1. The van der Waals surface area contributed by atoms with Crippen molar-refractivity contribution in [3.63, 3.8) is 0 Å². The Balaban J connectivity index is 1.88. The van der Waals surface area contributed by atoms with E-state index in [-0.39, 0.29) is 23.2 Å². The van der Waals surface area contributed by atoms with Crippen LogP contribution in [0.5, 0.6) is 0 Å². The Bertz CT molecular complexity index is 990. The van der Waals surface area contributed by atoms with Crippen molar-refractivity contribution in [2.45, 2.75) is 39.2 Å². The summed E-state index contributed by atoms with van der Waals surface area (Å²) in [4.78, 5) is 26.8. The van der Waals surface area contributed by atoms with Crippen molar-refractivity contribution in [2.75, 3.05) is 0 Å². The molecule has 140 valence electrons. The molecule has 0 saturated heterocycles. The highest BCUT2D eigenvalue weighted by atomic mass is 16.6. The Kier molecular flexibility index (Phi) is 4.99. The Morgan fingerprint density at radius 1 is 1.19 bits per heavy atom. The van der Waals surface area contributed by atoms with Gasteiger partial charge < -0.3 is 9.72 Å². The number of benzene rings is 2. The van der Waals surface area contributed by atoms with Gasteiger partial charge in [-0.15, -0.1) is 0 Å². The number of aryl methyl sites for hydroxylation is 1. The number of esters is 1. The van der Waals surface area contributed by atoms with Crippen LogP contribution >= 0.6 is 0 Å². The fourth-order valence-corrected chi connectivity index (χ4v) is 3.02. The number of nitrogens with one attached hydrogen (secondary N) is 1.